The van der Waals surface area contributed by atoms with Crippen molar-refractivity contribution in [2.24, 2.45) is 5.11 Å². The van der Waals surface area contributed by atoms with Crippen LogP contribution in [0.3, 0.4) is 0 Å². The highest BCUT2D eigenvalue weighted by Crippen LogP contribution is 2.40. The highest BCUT2D eigenvalue weighted by molar-refractivity contribution is 6.74. The van der Waals surface area contributed by atoms with E-state index in [1.54, 1.807) is 0 Å². The fourth-order valence-corrected chi connectivity index (χ4v) is 4.19. The van der Waals surface area contributed by atoms with Crippen LogP contribution < -0.4 is 0 Å². The molecule has 5 atom stereocenters. The molecule has 1 saturated heterocycles. The van der Waals surface area contributed by atoms with Crippen molar-refractivity contribution >= 4 is 14.5 Å². The summed E-state index contributed by atoms with van der Waals surface area (Å²) in [5, 5.41) is 14.6. The van der Waals surface area contributed by atoms with Crippen LogP contribution in [-0.2, 0) is 30.0 Å². The minimum absolute atomic E-state index is 0.00201. The molecule has 1 N–H and O–H groups in total. The Morgan fingerprint density at radius 1 is 1.32 bits per heavy atom. The minimum Gasteiger partial charge on any atom is -0.430 e. The monoisotopic (exact) mass is 493 g/mol. The number of carbonyl (C=O) groups excluding carboxylic acids is 1. The van der Waals surface area contributed by atoms with E-state index >= 15 is 0 Å². The number of nitrogens with zero attached hydrogens (tertiary/aromatic N) is 3. The van der Waals surface area contributed by atoms with Gasteiger partial charge in [-0.2, -0.15) is 0 Å². The second-order valence-electron chi connectivity index (χ2n) is 9.54. The molecule has 10 nitrogen and oxygen atoms in total. The van der Waals surface area contributed by atoms with Crippen molar-refractivity contribution in [2.75, 3.05) is 13.2 Å². The molecule has 2 rings (SSSR count). The highest BCUT2D eigenvalue weighted by atomic mass is 28.4. The number of benzene rings is 1. The van der Waals surface area contributed by atoms with E-state index in [1.807, 2.05) is 43.4 Å². The lowest BCUT2D eigenvalue weighted by Crippen LogP contribution is -2.62. The first-order chi connectivity index (χ1) is 16.0. The van der Waals surface area contributed by atoms with Crippen LogP contribution in [0.1, 0.15) is 26.3 Å². The first-order valence-electron chi connectivity index (χ1n) is 11.1. The Morgan fingerprint density at radius 2 is 2.00 bits per heavy atom. The van der Waals surface area contributed by atoms with Crippen LogP contribution >= 0.6 is 0 Å². The number of ether oxygens (including phenoxy) is 4. The van der Waals surface area contributed by atoms with Crippen LogP contribution in [0.4, 0.5) is 4.79 Å². The standard InChI is InChI=1S/C23H35N3O7Si/c1-7-13-30-22(28)32-20-18(25-26-24)21(33-34(5,6)23(2,3)4)31-17(19(20)27)15-29-14-16-11-9-8-10-12-16/h7-12,17-21,27H,1,13-15H2,2-6H3/t17-,18-,19-,20-,21+/m1/s1. The molecule has 1 heterocycles. The number of aliphatic hydroxyl groups excluding tert-OH is 1. The number of carbonyl (C=O) groups is 1. The van der Waals surface area contributed by atoms with E-state index in [4.69, 9.17) is 23.4 Å². The summed E-state index contributed by atoms with van der Waals surface area (Å²) in [7, 11) is -2.40. The topological polar surface area (TPSA) is 132 Å². The molecule has 188 valence electrons. The molecule has 0 radical (unpaired) electrons. The van der Waals surface area contributed by atoms with Gasteiger partial charge in [-0.15, -0.1) is 0 Å². The van der Waals surface area contributed by atoms with Crippen molar-refractivity contribution in [2.45, 2.75) is 76.2 Å². The van der Waals surface area contributed by atoms with Gasteiger partial charge in [-0.3, -0.25) is 0 Å². The van der Waals surface area contributed by atoms with Crippen molar-refractivity contribution in [1.29, 1.82) is 0 Å². The Balaban J connectivity index is 2.26. The Bertz CT molecular complexity index is 856. The van der Waals surface area contributed by atoms with Crippen molar-refractivity contribution < 1.29 is 33.3 Å². The second kappa shape index (κ2) is 12.3. The molecule has 1 aliphatic heterocycles. The summed E-state index contributed by atoms with van der Waals surface area (Å²) in [4.78, 5) is 15.1. The molecule has 0 unspecified atom stereocenters. The third-order valence-electron chi connectivity index (χ3n) is 5.99. The summed E-state index contributed by atoms with van der Waals surface area (Å²) in [6.07, 6.45) is -4.21. The summed E-state index contributed by atoms with van der Waals surface area (Å²) in [5.41, 5.74) is 10.1. The van der Waals surface area contributed by atoms with Gasteiger partial charge in [-0.25, -0.2) is 4.79 Å². The lowest BCUT2D eigenvalue weighted by molar-refractivity contribution is -0.248. The summed E-state index contributed by atoms with van der Waals surface area (Å²) in [5.74, 6) is 0. The second-order valence-corrected chi connectivity index (χ2v) is 14.3. The molecule has 34 heavy (non-hydrogen) atoms. The molecule has 1 aromatic carbocycles. The van der Waals surface area contributed by atoms with Crippen molar-refractivity contribution in [3.05, 3.63) is 59.0 Å². The van der Waals surface area contributed by atoms with Gasteiger partial charge in [0.05, 0.1) is 13.2 Å². The van der Waals surface area contributed by atoms with Gasteiger partial charge in [0, 0.05) is 4.91 Å². The minimum atomic E-state index is -2.40. The lowest BCUT2D eigenvalue weighted by Gasteiger charge is -2.46. The van der Waals surface area contributed by atoms with Gasteiger partial charge in [-0.05, 0) is 29.2 Å². The van der Waals surface area contributed by atoms with Gasteiger partial charge in [0.2, 0.25) is 0 Å². The zero-order valence-corrected chi connectivity index (χ0v) is 21.4. The lowest BCUT2D eigenvalue weighted by atomic mass is 9.97. The van der Waals surface area contributed by atoms with Crippen LogP contribution in [0.15, 0.2) is 48.1 Å². The number of hydrogen-bond donors (Lipinski definition) is 1. The molecular formula is C23H35N3O7Si. The van der Waals surface area contributed by atoms with E-state index in [0.717, 1.165) is 5.56 Å². The molecule has 1 aliphatic rings. The Labute approximate surface area is 201 Å². The maximum absolute atomic E-state index is 12.2. The van der Waals surface area contributed by atoms with Crippen molar-refractivity contribution in [3.8, 4) is 0 Å². The molecule has 11 heteroatoms. The number of aliphatic hydroxyl groups is 1. The van der Waals surface area contributed by atoms with E-state index in [2.05, 4.69) is 37.4 Å². The first-order valence-corrected chi connectivity index (χ1v) is 14.0. The predicted molar refractivity (Wildman–Crippen MR) is 128 cm³/mol. The smallest absolute Gasteiger partial charge is 0.430 e. The van der Waals surface area contributed by atoms with E-state index < -0.39 is 45.1 Å². The Kier molecular flexibility index (Phi) is 10.1. The molecule has 0 aromatic heterocycles. The van der Waals surface area contributed by atoms with Crippen molar-refractivity contribution in [1.82, 2.24) is 0 Å². The first kappa shape index (κ1) is 27.8. The zero-order chi connectivity index (χ0) is 25.4. The zero-order valence-electron chi connectivity index (χ0n) is 20.4. The van der Waals surface area contributed by atoms with Gasteiger partial charge in [0.25, 0.3) is 0 Å². The SMILES string of the molecule is C=CCOC(=O)O[C@H]1[C@H](O)[C@@H](COCc2ccccc2)O[C@@H](O[Si](C)(C)C(C)(C)C)[C@@H]1N=[N+]=[N-]. The average Bonchev–Trinajstić information content (AvgIpc) is 2.77. The largest absolute Gasteiger partial charge is 0.508 e. The van der Waals surface area contributed by atoms with Crippen LogP contribution in [0.2, 0.25) is 18.1 Å². The van der Waals surface area contributed by atoms with Gasteiger partial charge >= 0.3 is 6.16 Å². The van der Waals surface area contributed by atoms with Crippen molar-refractivity contribution in [3.63, 3.8) is 0 Å². The summed E-state index contributed by atoms with van der Waals surface area (Å²) in [6.45, 7) is 13.9. The molecule has 0 saturated carbocycles. The molecule has 0 aliphatic carbocycles. The quantitative estimate of drug-likeness (QED) is 0.125. The van der Waals surface area contributed by atoms with Crippen LogP contribution in [0.5, 0.6) is 0 Å². The predicted octanol–water partition coefficient (Wildman–Crippen LogP) is 4.70. The third-order valence-corrected chi connectivity index (χ3v) is 10.4. The molecule has 1 fully saturated rings. The van der Waals surface area contributed by atoms with Crippen LogP contribution in [0.25, 0.3) is 10.4 Å². The van der Waals surface area contributed by atoms with E-state index in [0.29, 0.717) is 6.61 Å². The maximum atomic E-state index is 12.2. The number of hydrogen-bond acceptors (Lipinski definition) is 8. The summed E-state index contributed by atoms with van der Waals surface area (Å²) >= 11 is 0. The summed E-state index contributed by atoms with van der Waals surface area (Å²) < 4.78 is 28.5. The van der Waals surface area contributed by atoms with Crippen LogP contribution in [-0.4, -0.2) is 63.4 Å². The van der Waals surface area contributed by atoms with E-state index in [9.17, 15) is 15.4 Å². The van der Waals surface area contributed by atoms with E-state index in [-0.39, 0.29) is 18.3 Å². The fraction of sp³-hybridized carbons (Fsp3) is 0.609. The number of azide groups is 1. The third kappa shape index (κ3) is 7.56. The molecule has 1 aromatic rings. The summed E-state index contributed by atoms with van der Waals surface area (Å²) in [6, 6.07) is 8.41. The molecule has 0 bridgehead atoms. The molecule has 0 amide bonds. The molecule has 0 spiro atoms. The van der Waals surface area contributed by atoms with Gasteiger partial charge < -0.3 is 28.5 Å². The van der Waals surface area contributed by atoms with Gasteiger partial charge in [0.15, 0.2) is 14.6 Å². The van der Waals surface area contributed by atoms with E-state index in [1.165, 1.54) is 6.08 Å². The number of rotatable bonds is 10. The Hall–Kier alpha value is -2.40. The maximum Gasteiger partial charge on any atom is 0.508 e. The molecular weight excluding hydrogens is 458 g/mol. The van der Waals surface area contributed by atoms with Gasteiger partial charge in [-0.1, -0.05) is 68.9 Å². The average molecular weight is 494 g/mol. The normalized spacial score (nSPS) is 25.2. The Morgan fingerprint density at radius 3 is 2.59 bits per heavy atom. The fourth-order valence-electron chi connectivity index (χ4n) is 3.06. The van der Waals surface area contributed by atoms with Gasteiger partial charge in [0.1, 0.15) is 31.0 Å². The van der Waals surface area contributed by atoms with Crippen LogP contribution in [0, 0.1) is 0 Å². The highest BCUT2D eigenvalue weighted by Gasteiger charge is 2.51.